The Morgan fingerprint density at radius 1 is 1.29 bits per heavy atom. The van der Waals surface area contributed by atoms with Gasteiger partial charge < -0.3 is 15.4 Å². The van der Waals surface area contributed by atoms with Gasteiger partial charge in [0.05, 0.1) is 6.61 Å². The van der Waals surface area contributed by atoms with Gasteiger partial charge in [0.15, 0.2) is 0 Å². The maximum Gasteiger partial charge on any atom is 0.246 e. The lowest BCUT2D eigenvalue weighted by Gasteiger charge is -2.23. The highest BCUT2D eigenvalue weighted by Gasteiger charge is 2.26. The molecule has 1 rings (SSSR count). The molecule has 0 fully saturated rings. The minimum Gasteiger partial charge on any atom is -0.383 e. The highest BCUT2D eigenvalue weighted by Crippen LogP contribution is 2.20. The Hall–Kier alpha value is -1.22. The molecule has 0 amide bonds. The molecule has 0 aliphatic heterocycles. The summed E-state index contributed by atoms with van der Waals surface area (Å²) >= 11 is 0. The molecular weight excluding hydrogens is 292 g/mol. The van der Waals surface area contributed by atoms with Gasteiger partial charge in [-0.25, -0.2) is 13.4 Å². The number of rotatable bonds is 9. The van der Waals surface area contributed by atoms with Crippen molar-refractivity contribution >= 4 is 15.8 Å². The van der Waals surface area contributed by atoms with E-state index >= 15 is 0 Å². The van der Waals surface area contributed by atoms with Crippen LogP contribution in [0.2, 0.25) is 0 Å². The van der Waals surface area contributed by atoms with Gasteiger partial charge in [0.25, 0.3) is 0 Å². The molecule has 1 aromatic heterocycles. The van der Waals surface area contributed by atoms with E-state index < -0.39 is 10.0 Å². The molecule has 1 aromatic rings. The maximum atomic E-state index is 12.7. The Morgan fingerprint density at radius 2 is 2.00 bits per heavy atom. The molecule has 7 nitrogen and oxygen atoms in total. The summed E-state index contributed by atoms with van der Waals surface area (Å²) in [4.78, 5) is 5.91. The lowest BCUT2D eigenvalue weighted by Crippen LogP contribution is -2.36. The molecule has 0 saturated carbocycles. The van der Waals surface area contributed by atoms with Crippen LogP contribution in [0.3, 0.4) is 0 Å². The van der Waals surface area contributed by atoms with E-state index in [1.165, 1.54) is 16.6 Å². The van der Waals surface area contributed by atoms with Crippen LogP contribution >= 0.6 is 0 Å². The normalized spacial score (nSPS) is 12.2. The van der Waals surface area contributed by atoms with Crippen LogP contribution in [0, 0.1) is 0 Å². The van der Waals surface area contributed by atoms with Crippen LogP contribution in [0.4, 0.5) is 5.82 Å². The SMILES string of the molecule is COCCN(CCCN(C)C)S(=O)(=O)c1cccnc1N. The summed E-state index contributed by atoms with van der Waals surface area (Å²) in [5.41, 5.74) is 5.69. The number of aromatic nitrogens is 1. The number of methoxy groups -OCH3 is 1. The van der Waals surface area contributed by atoms with Crippen molar-refractivity contribution in [3.05, 3.63) is 18.3 Å². The van der Waals surface area contributed by atoms with Crippen molar-refractivity contribution in [2.45, 2.75) is 11.3 Å². The molecule has 0 radical (unpaired) electrons. The molecule has 0 bridgehead atoms. The number of nitrogens with zero attached hydrogens (tertiary/aromatic N) is 3. The fourth-order valence-corrected chi connectivity index (χ4v) is 3.40. The molecular formula is C13H24N4O3S. The highest BCUT2D eigenvalue weighted by molar-refractivity contribution is 7.89. The molecule has 8 heteroatoms. The van der Waals surface area contributed by atoms with Gasteiger partial charge in [0.2, 0.25) is 10.0 Å². The third-order valence-electron chi connectivity index (χ3n) is 2.98. The van der Waals surface area contributed by atoms with Crippen LogP contribution in [0.1, 0.15) is 6.42 Å². The summed E-state index contributed by atoms with van der Waals surface area (Å²) in [7, 11) is 1.79. The van der Waals surface area contributed by atoms with Crippen molar-refractivity contribution in [1.82, 2.24) is 14.2 Å². The second-order valence-electron chi connectivity index (χ2n) is 4.94. The molecule has 0 aliphatic rings. The summed E-state index contributed by atoms with van der Waals surface area (Å²) in [5.74, 6) is 0.0209. The Morgan fingerprint density at radius 3 is 2.57 bits per heavy atom. The van der Waals surface area contributed by atoms with E-state index in [0.29, 0.717) is 19.7 Å². The van der Waals surface area contributed by atoms with E-state index in [1.54, 1.807) is 13.2 Å². The van der Waals surface area contributed by atoms with E-state index in [2.05, 4.69) is 4.98 Å². The average molecular weight is 316 g/mol. The van der Waals surface area contributed by atoms with E-state index in [1.807, 2.05) is 19.0 Å². The van der Waals surface area contributed by atoms with Gasteiger partial charge in [-0.15, -0.1) is 0 Å². The summed E-state index contributed by atoms with van der Waals surface area (Å²) in [6.07, 6.45) is 2.20. The van der Waals surface area contributed by atoms with E-state index in [9.17, 15) is 8.42 Å². The molecule has 0 aromatic carbocycles. The first-order valence-corrected chi connectivity index (χ1v) is 8.18. The third kappa shape index (κ3) is 5.24. The van der Waals surface area contributed by atoms with Crippen molar-refractivity contribution in [3.63, 3.8) is 0 Å². The molecule has 120 valence electrons. The molecule has 0 aliphatic carbocycles. The smallest absolute Gasteiger partial charge is 0.246 e. The number of anilines is 1. The summed E-state index contributed by atoms with van der Waals surface area (Å²) in [5, 5.41) is 0. The largest absolute Gasteiger partial charge is 0.383 e. The Bertz CT molecular complexity index is 534. The topological polar surface area (TPSA) is 88.8 Å². The second kappa shape index (κ2) is 8.28. The number of pyridine rings is 1. The first kappa shape index (κ1) is 17.8. The number of hydrogen-bond donors (Lipinski definition) is 1. The molecule has 0 unspecified atom stereocenters. The predicted molar refractivity (Wildman–Crippen MR) is 82.5 cm³/mol. The first-order valence-electron chi connectivity index (χ1n) is 6.74. The Balaban J connectivity index is 2.92. The number of nitrogen functional groups attached to an aromatic ring is 1. The van der Waals surface area contributed by atoms with Crippen LogP contribution in [0.25, 0.3) is 0 Å². The second-order valence-corrected chi connectivity index (χ2v) is 6.85. The quantitative estimate of drug-likeness (QED) is 0.702. The zero-order valence-electron chi connectivity index (χ0n) is 12.8. The zero-order valence-corrected chi connectivity index (χ0v) is 13.6. The van der Waals surface area contributed by atoms with Crippen molar-refractivity contribution in [3.8, 4) is 0 Å². The fraction of sp³-hybridized carbons (Fsp3) is 0.615. The molecule has 0 atom stereocenters. The van der Waals surface area contributed by atoms with E-state index in [4.69, 9.17) is 10.5 Å². The van der Waals surface area contributed by atoms with Crippen molar-refractivity contribution in [2.24, 2.45) is 0 Å². The monoisotopic (exact) mass is 316 g/mol. The number of ether oxygens (including phenoxy) is 1. The van der Waals surface area contributed by atoms with Crippen molar-refractivity contribution in [2.75, 3.05) is 53.2 Å². The molecule has 0 spiro atoms. The average Bonchev–Trinajstić information content (AvgIpc) is 2.42. The fourth-order valence-electron chi connectivity index (χ4n) is 1.87. The standard InChI is InChI=1S/C13H24N4O3S/c1-16(2)8-5-9-17(10-11-20-3)21(18,19)12-6-4-7-15-13(12)14/h4,6-7H,5,8-11H2,1-3H3,(H2,14,15). The van der Waals surface area contributed by atoms with Gasteiger partial charge in [-0.05, 0) is 39.2 Å². The number of hydrogen-bond acceptors (Lipinski definition) is 6. The molecule has 21 heavy (non-hydrogen) atoms. The van der Waals surface area contributed by atoms with Crippen LogP contribution in [0.5, 0.6) is 0 Å². The highest BCUT2D eigenvalue weighted by atomic mass is 32.2. The van der Waals surface area contributed by atoms with Crippen LogP contribution in [-0.2, 0) is 14.8 Å². The molecule has 1 heterocycles. The van der Waals surface area contributed by atoms with Gasteiger partial charge >= 0.3 is 0 Å². The Kier molecular flexibility index (Phi) is 7.03. The Labute approximate surface area is 126 Å². The van der Waals surface area contributed by atoms with Gasteiger partial charge in [0.1, 0.15) is 10.7 Å². The number of sulfonamides is 1. The van der Waals surface area contributed by atoms with Crippen LogP contribution < -0.4 is 5.73 Å². The first-order chi connectivity index (χ1) is 9.89. The number of nitrogens with two attached hydrogens (primary N) is 1. The van der Waals surface area contributed by atoms with Crippen molar-refractivity contribution in [1.29, 1.82) is 0 Å². The lowest BCUT2D eigenvalue weighted by atomic mass is 10.4. The van der Waals surface area contributed by atoms with E-state index in [0.717, 1.165) is 13.0 Å². The lowest BCUT2D eigenvalue weighted by molar-refractivity contribution is 0.177. The van der Waals surface area contributed by atoms with Gasteiger partial charge in [-0.3, -0.25) is 0 Å². The third-order valence-corrected chi connectivity index (χ3v) is 4.92. The van der Waals surface area contributed by atoms with Gasteiger partial charge in [-0.2, -0.15) is 4.31 Å². The summed E-state index contributed by atoms with van der Waals surface area (Å²) in [6.45, 7) is 1.85. The van der Waals surface area contributed by atoms with Gasteiger partial charge in [0, 0.05) is 26.4 Å². The van der Waals surface area contributed by atoms with Crippen LogP contribution in [0.15, 0.2) is 23.2 Å². The minimum absolute atomic E-state index is 0.0209. The summed E-state index contributed by atoms with van der Waals surface area (Å²) in [6, 6.07) is 3.04. The van der Waals surface area contributed by atoms with Gasteiger partial charge in [-0.1, -0.05) is 0 Å². The zero-order chi connectivity index (χ0) is 15.9. The van der Waals surface area contributed by atoms with E-state index in [-0.39, 0.29) is 10.7 Å². The molecule has 2 N–H and O–H groups in total. The van der Waals surface area contributed by atoms with Crippen LogP contribution in [-0.4, -0.2) is 70.1 Å². The van der Waals surface area contributed by atoms with Crippen molar-refractivity contribution < 1.29 is 13.2 Å². The minimum atomic E-state index is -3.65. The predicted octanol–water partition coefficient (Wildman–Crippen LogP) is 0.253. The molecule has 0 saturated heterocycles. The maximum absolute atomic E-state index is 12.7. The summed E-state index contributed by atoms with van der Waals surface area (Å²) < 4.78 is 31.7.